The molecule has 0 aliphatic rings. The number of carbonyl (C=O) groups excluding carboxylic acids is 1. The number of ether oxygens (including phenoxy) is 2. The van der Waals surface area contributed by atoms with Gasteiger partial charge in [-0.05, 0) is 61.2 Å². The zero-order valence-electron chi connectivity index (χ0n) is 17.9. The number of carbonyl (C=O) groups is 1. The minimum atomic E-state index is -4.32. The summed E-state index contributed by atoms with van der Waals surface area (Å²) in [4.78, 5) is 16.3. The first kappa shape index (κ1) is 23.5. The number of hydrogen-bond donors (Lipinski definition) is 0. The Labute approximate surface area is 185 Å². The molecule has 0 aliphatic heterocycles. The first-order chi connectivity index (χ1) is 15.3. The summed E-state index contributed by atoms with van der Waals surface area (Å²) < 4.78 is 46.6. The summed E-state index contributed by atoms with van der Waals surface area (Å²) in [5, 5.41) is 0. The quantitative estimate of drug-likeness (QED) is 0.295. The first-order valence-electron chi connectivity index (χ1n) is 10.2. The van der Waals surface area contributed by atoms with E-state index in [2.05, 4.69) is 4.98 Å². The molecule has 3 aromatic rings. The highest BCUT2D eigenvalue weighted by molar-refractivity contribution is 5.94. The Balaban J connectivity index is 1.86. The summed E-state index contributed by atoms with van der Waals surface area (Å²) in [6, 6.07) is 16.8. The maximum atomic E-state index is 12.2. The number of benzene rings is 2. The standard InChI is InChI=1S/C25H24F3NO3/c1-17(30)19-5-7-20(8-6-19)23-14-18(4-3-13-32-16-25(26,27)28)15-29-24(23)21-9-11-22(31-2)12-10-21/h5-12,14-15H,3-4,13,16H2,1-2H3. The lowest BCUT2D eigenvalue weighted by molar-refractivity contribution is -0.174. The Kier molecular flexibility index (Phi) is 7.64. The van der Waals surface area contributed by atoms with Gasteiger partial charge < -0.3 is 9.47 Å². The summed E-state index contributed by atoms with van der Waals surface area (Å²) in [7, 11) is 1.60. The molecule has 0 N–H and O–H groups in total. The van der Waals surface area contributed by atoms with Gasteiger partial charge in [-0.3, -0.25) is 9.78 Å². The number of nitrogens with zero attached hydrogens (tertiary/aromatic N) is 1. The summed E-state index contributed by atoms with van der Waals surface area (Å²) in [6.45, 7) is 0.290. The minimum Gasteiger partial charge on any atom is -0.497 e. The van der Waals surface area contributed by atoms with Gasteiger partial charge in [-0.15, -0.1) is 0 Å². The van der Waals surface area contributed by atoms with Crippen LogP contribution in [0.15, 0.2) is 60.8 Å². The summed E-state index contributed by atoms with van der Waals surface area (Å²) in [6.07, 6.45) is -1.60. The summed E-state index contributed by atoms with van der Waals surface area (Å²) in [5.74, 6) is 0.717. The van der Waals surface area contributed by atoms with Crippen molar-refractivity contribution in [1.29, 1.82) is 0 Å². The molecular formula is C25H24F3NO3. The average molecular weight is 443 g/mol. The third-order valence-electron chi connectivity index (χ3n) is 4.93. The maximum absolute atomic E-state index is 12.2. The lowest BCUT2D eigenvalue weighted by Crippen LogP contribution is -2.17. The number of hydrogen-bond acceptors (Lipinski definition) is 4. The molecule has 0 fully saturated rings. The topological polar surface area (TPSA) is 48.4 Å². The van der Waals surface area contributed by atoms with Gasteiger partial charge in [0.15, 0.2) is 5.78 Å². The SMILES string of the molecule is COc1ccc(-c2ncc(CCCOCC(F)(F)F)cc2-c2ccc(C(C)=O)cc2)cc1. The van der Waals surface area contributed by atoms with Crippen molar-refractivity contribution >= 4 is 5.78 Å². The van der Waals surface area contributed by atoms with Gasteiger partial charge in [-0.1, -0.05) is 24.3 Å². The predicted molar refractivity (Wildman–Crippen MR) is 117 cm³/mol. The summed E-state index contributed by atoms with van der Waals surface area (Å²) >= 11 is 0. The number of halogens is 3. The van der Waals surface area contributed by atoms with Crippen LogP contribution in [0.3, 0.4) is 0 Å². The fraction of sp³-hybridized carbons (Fsp3) is 0.280. The second kappa shape index (κ2) is 10.4. The van der Waals surface area contributed by atoms with Gasteiger partial charge in [0.2, 0.25) is 0 Å². The highest BCUT2D eigenvalue weighted by Crippen LogP contribution is 2.32. The van der Waals surface area contributed by atoms with E-state index in [0.29, 0.717) is 18.4 Å². The van der Waals surface area contributed by atoms with Crippen LogP contribution in [0, 0.1) is 0 Å². The van der Waals surface area contributed by atoms with Gasteiger partial charge in [0.05, 0.1) is 12.8 Å². The Hall–Kier alpha value is -3.19. The molecule has 1 heterocycles. The van der Waals surface area contributed by atoms with Gasteiger partial charge in [-0.25, -0.2) is 0 Å². The molecular weight excluding hydrogens is 419 g/mol. The van der Waals surface area contributed by atoms with E-state index in [9.17, 15) is 18.0 Å². The lowest BCUT2D eigenvalue weighted by atomic mass is 9.96. The number of methoxy groups -OCH3 is 1. The molecule has 0 spiro atoms. The van der Waals surface area contributed by atoms with E-state index in [0.717, 1.165) is 33.7 Å². The van der Waals surface area contributed by atoms with E-state index in [-0.39, 0.29) is 12.4 Å². The van der Waals surface area contributed by atoms with E-state index in [1.54, 1.807) is 25.4 Å². The molecule has 0 saturated carbocycles. The molecule has 32 heavy (non-hydrogen) atoms. The van der Waals surface area contributed by atoms with Crippen LogP contribution in [0.5, 0.6) is 5.75 Å². The van der Waals surface area contributed by atoms with Crippen molar-refractivity contribution in [2.24, 2.45) is 0 Å². The first-order valence-corrected chi connectivity index (χ1v) is 10.2. The molecule has 0 unspecified atom stereocenters. The van der Waals surface area contributed by atoms with Gasteiger partial charge in [0.25, 0.3) is 0 Å². The number of aromatic nitrogens is 1. The molecule has 0 radical (unpaired) electrons. The Bertz CT molecular complexity index is 1050. The molecule has 1 aromatic heterocycles. The van der Waals surface area contributed by atoms with Crippen LogP contribution in [-0.2, 0) is 11.2 Å². The highest BCUT2D eigenvalue weighted by Gasteiger charge is 2.27. The lowest BCUT2D eigenvalue weighted by Gasteiger charge is -2.13. The summed E-state index contributed by atoms with van der Waals surface area (Å²) in [5.41, 5.74) is 4.94. The average Bonchev–Trinajstić information content (AvgIpc) is 2.78. The fourth-order valence-electron chi connectivity index (χ4n) is 3.29. The van der Waals surface area contributed by atoms with Crippen LogP contribution in [-0.4, -0.2) is 37.3 Å². The van der Waals surface area contributed by atoms with Gasteiger partial charge in [-0.2, -0.15) is 13.2 Å². The highest BCUT2D eigenvalue weighted by atomic mass is 19.4. The third kappa shape index (κ3) is 6.40. The van der Waals surface area contributed by atoms with Gasteiger partial charge >= 0.3 is 6.18 Å². The van der Waals surface area contributed by atoms with E-state index in [1.165, 1.54) is 6.92 Å². The molecule has 2 aromatic carbocycles. The van der Waals surface area contributed by atoms with Gasteiger partial charge in [0.1, 0.15) is 12.4 Å². The number of Topliss-reactive ketones (excluding diaryl/α,β-unsaturated/α-hetero) is 1. The zero-order chi connectivity index (χ0) is 23.1. The van der Waals surface area contributed by atoms with Crippen LogP contribution in [0.1, 0.15) is 29.3 Å². The minimum absolute atomic E-state index is 0.0161. The predicted octanol–water partition coefficient (Wildman–Crippen LogP) is 6.14. The van der Waals surface area contributed by atoms with Crippen LogP contribution in [0.4, 0.5) is 13.2 Å². The zero-order valence-corrected chi connectivity index (χ0v) is 17.9. The molecule has 0 atom stereocenters. The molecule has 0 amide bonds. The van der Waals surface area contributed by atoms with Crippen molar-refractivity contribution in [3.63, 3.8) is 0 Å². The van der Waals surface area contributed by atoms with E-state index < -0.39 is 12.8 Å². The Morgan fingerprint density at radius 2 is 1.66 bits per heavy atom. The van der Waals surface area contributed by atoms with Crippen molar-refractivity contribution in [3.8, 4) is 28.1 Å². The number of alkyl halides is 3. The molecule has 0 saturated heterocycles. The second-order valence-electron chi connectivity index (χ2n) is 7.37. The second-order valence-corrected chi connectivity index (χ2v) is 7.37. The van der Waals surface area contributed by atoms with Crippen LogP contribution in [0.25, 0.3) is 22.4 Å². The monoisotopic (exact) mass is 443 g/mol. The number of aryl methyl sites for hydroxylation is 1. The molecule has 4 nitrogen and oxygen atoms in total. The molecule has 0 bridgehead atoms. The van der Waals surface area contributed by atoms with Crippen molar-refractivity contribution in [2.75, 3.05) is 20.3 Å². The number of pyridine rings is 1. The Morgan fingerprint density at radius 3 is 2.25 bits per heavy atom. The van der Waals surface area contributed by atoms with Crippen molar-refractivity contribution in [1.82, 2.24) is 4.98 Å². The van der Waals surface area contributed by atoms with Crippen LogP contribution < -0.4 is 4.74 Å². The van der Waals surface area contributed by atoms with E-state index >= 15 is 0 Å². The largest absolute Gasteiger partial charge is 0.497 e. The van der Waals surface area contributed by atoms with Crippen molar-refractivity contribution in [2.45, 2.75) is 25.9 Å². The molecule has 168 valence electrons. The molecule has 0 aliphatic carbocycles. The van der Waals surface area contributed by atoms with Crippen molar-refractivity contribution in [3.05, 3.63) is 71.9 Å². The van der Waals surface area contributed by atoms with Crippen molar-refractivity contribution < 1.29 is 27.4 Å². The number of rotatable bonds is 9. The maximum Gasteiger partial charge on any atom is 0.411 e. The van der Waals surface area contributed by atoms with E-state index in [4.69, 9.17) is 9.47 Å². The molecule has 3 rings (SSSR count). The normalized spacial score (nSPS) is 11.4. The van der Waals surface area contributed by atoms with Crippen LogP contribution >= 0.6 is 0 Å². The molecule has 7 heteroatoms. The van der Waals surface area contributed by atoms with Gasteiger partial charge in [0, 0.05) is 29.5 Å². The van der Waals surface area contributed by atoms with E-state index in [1.807, 2.05) is 42.5 Å². The smallest absolute Gasteiger partial charge is 0.411 e. The fourth-order valence-corrected chi connectivity index (χ4v) is 3.29. The van der Waals surface area contributed by atoms with Crippen LogP contribution in [0.2, 0.25) is 0 Å². The third-order valence-corrected chi connectivity index (χ3v) is 4.93. The number of ketones is 1. The Morgan fingerprint density at radius 1 is 1.00 bits per heavy atom.